The molecule has 0 spiro atoms. The number of carbonyl (C=O) groups is 1. The van der Waals surface area contributed by atoms with Crippen molar-refractivity contribution in [2.45, 2.75) is 26.9 Å². The molecule has 0 radical (unpaired) electrons. The van der Waals surface area contributed by atoms with Gasteiger partial charge in [0, 0.05) is 6.07 Å². The van der Waals surface area contributed by atoms with Gasteiger partial charge in [0.15, 0.2) is 0 Å². The lowest BCUT2D eigenvalue weighted by atomic mass is 10.1. The normalized spacial score (nSPS) is 10.2. The number of carbonyl (C=O) groups excluding carboxylic acids is 1. The van der Waals surface area contributed by atoms with Crippen LogP contribution in [-0.4, -0.2) is 17.0 Å². The summed E-state index contributed by atoms with van der Waals surface area (Å²) < 4.78 is 4.96. The molecule has 1 rings (SSSR count). The highest BCUT2D eigenvalue weighted by Crippen LogP contribution is 2.23. The first kappa shape index (κ1) is 12.2. The summed E-state index contributed by atoms with van der Waals surface area (Å²) in [5, 5.41) is 10.8. The second-order valence-corrected chi connectivity index (χ2v) is 3.68. The van der Waals surface area contributed by atoms with Crippen LogP contribution >= 0.6 is 0 Å². The lowest BCUT2D eigenvalue weighted by molar-refractivity contribution is -0.385. The van der Waals surface area contributed by atoms with Crippen molar-refractivity contribution in [2.75, 3.05) is 0 Å². The minimum Gasteiger partial charge on any atom is -0.459 e. The van der Waals surface area contributed by atoms with Gasteiger partial charge in [-0.25, -0.2) is 4.79 Å². The molecule has 0 N–H and O–H groups in total. The van der Waals surface area contributed by atoms with Gasteiger partial charge >= 0.3 is 5.97 Å². The molecule has 0 aliphatic heterocycles. The number of ether oxygens (including phenoxy) is 1. The topological polar surface area (TPSA) is 69.4 Å². The number of esters is 1. The molecule has 1 aromatic rings. The Kier molecular flexibility index (Phi) is 3.60. The van der Waals surface area contributed by atoms with Crippen LogP contribution in [0.3, 0.4) is 0 Å². The Morgan fingerprint density at radius 1 is 1.44 bits per heavy atom. The van der Waals surface area contributed by atoms with Gasteiger partial charge in [-0.05, 0) is 26.3 Å². The summed E-state index contributed by atoms with van der Waals surface area (Å²) in [7, 11) is 0. The Hall–Kier alpha value is -1.91. The third-order valence-corrected chi connectivity index (χ3v) is 1.99. The van der Waals surface area contributed by atoms with Crippen LogP contribution in [0.4, 0.5) is 5.69 Å². The Bertz CT molecular complexity index is 426. The van der Waals surface area contributed by atoms with Crippen LogP contribution in [0, 0.1) is 17.0 Å². The number of aryl methyl sites for hydroxylation is 1. The number of nitro groups is 1. The molecule has 0 heterocycles. The molecule has 0 bridgehead atoms. The zero-order valence-corrected chi connectivity index (χ0v) is 9.39. The van der Waals surface area contributed by atoms with Gasteiger partial charge in [-0.3, -0.25) is 10.1 Å². The number of rotatable bonds is 3. The van der Waals surface area contributed by atoms with Crippen molar-refractivity contribution in [3.05, 3.63) is 39.4 Å². The van der Waals surface area contributed by atoms with Gasteiger partial charge in [-0.2, -0.15) is 0 Å². The van der Waals surface area contributed by atoms with Crippen LogP contribution in [0.5, 0.6) is 0 Å². The number of benzene rings is 1. The van der Waals surface area contributed by atoms with Crippen molar-refractivity contribution in [3.8, 4) is 0 Å². The highest BCUT2D eigenvalue weighted by Gasteiger charge is 2.23. The molecule has 0 fully saturated rings. The van der Waals surface area contributed by atoms with Crippen molar-refractivity contribution in [3.63, 3.8) is 0 Å². The molecule has 5 nitrogen and oxygen atoms in total. The van der Waals surface area contributed by atoms with Crippen LogP contribution in [0.25, 0.3) is 0 Å². The van der Waals surface area contributed by atoms with Crippen molar-refractivity contribution in [1.82, 2.24) is 0 Å². The van der Waals surface area contributed by atoms with E-state index in [0.29, 0.717) is 5.56 Å². The summed E-state index contributed by atoms with van der Waals surface area (Å²) in [4.78, 5) is 21.9. The maximum absolute atomic E-state index is 11.7. The molecule has 0 saturated heterocycles. The monoisotopic (exact) mass is 223 g/mol. The fraction of sp³-hybridized carbons (Fsp3) is 0.364. The van der Waals surface area contributed by atoms with E-state index in [0.717, 1.165) is 0 Å². The fourth-order valence-corrected chi connectivity index (χ4v) is 1.34. The van der Waals surface area contributed by atoms with Crippen LogP contribution in [0.1, 0.15) is 29.8 Å². The summed E-state index contributed by atoms with van der Waals surface area (Å²) in [5.41, 5.74) is 0.353. The first-order valence-electron chi connectivity index (χ1n) is 4.88. The standard InChI is InChI=1S/C11H13NO4/c1-7(2)16-11(13)10-8(3)5-4-6-9(10)12(14)15/h4-7H,1-3H3. The lowest BCUT2D eigenvalue weighted by Gasteiger charge is -2.09. The molecule has 0 atom stereocenters. The summed E-state index contributed by atoms with van der Waals surface area (Å²) in [6.45, 7) is 5.04. The molecule has 0 aliphatic rings. The van der Waals surface area contributed by atoms with Crippen molar-refractivity contribution in [1.29, 1.82) is 0 Å². The van der Waals surface area contributed by atoms with E-state index in [9.17, 15) is 14.9 Å². The van der Waals surface area contributed by atoms with Crippen molar-refractivity contribution in [2.24, 2.45) is 0 Å². The minimum atomic E-state index is -0.653. The number of nitrogens with zero attached hydrogens (tertiary/aromatic N) is 1. The third kappa shape index (κ3) is 2.56. The summed E-state index contributed by atoms with van der Waals surface area (Å²) in [6.07, 6.45) is -0.299. The summed E-state index contributed by atoms with van der Waals surface area (Å²) >= 11 is 0. The van der Waals surface area contributed by atoms with Gasteiger partial charge < -0.3 is 4.74 Å². The average molecular weight is 223 g/mol. The van der Waals surface area contributed by atoms with Crippen LogP contribution in [0.15, 0.2) is 18.2 Å². The van der Waals surface area contributed by atoms with Gasteiger partial charge in [0.2, 0.25) is 0 Å². The van der Waals surface area contributed by atoms with Crippen LogP contribution in [-0.2, 0) is 4.74 Å². The van der Waals surface area contributed by atoms with Gasteiger partial charge in [0.25, 0.3) is 5.69 Å². The zero-order valence-electron chi connectivity index (χ0n) is 9.39. The van der Waals surface area contributed by atoms with Gasteiger partial charge in [0.05, 0.1) is 11.0 Å². The molecule has 0 aromatic heterocycles. The Morgan fingerprint density at radius 2 is 2.06 bits per heavy atom. The van der Waals surface area contributed by atoms with Gasteiger partial charge in [-0.15, -0.1) is 0 Å². The summed E-state index contributed by atoms with van der Waals surface area (Å²) in [6, 6.07) is 4.48. The molecular weight excluding hydrogens is 210 g/mol. The molecule has 16 heavy (non-hydrogen) atoms. The SMILES string of the molecule is Cc1cccc([N+](=O)[O-])c1C(=O)OC(C)C. The van der Waals surface area contributed by atoms with E-state index in [1.54, 1.807) is 32.9 Å². The second-order valence-electron chi connectivity index (χ2n) is 3.68. The largest absolute Gasteiger partial charge is 0.459 e. The predicted molar refractivity (Wildman–Crippen MR) is 58.4 cm³/mol. The highest BCUT2D eigenvalue weighted by molar-refractivity contribution is 5.95. The minimum absolute atomic E-state index is 0.0289. The Balaban J connectivity index is 3.20. The predicted octanol–water partition coefficient (Wildman–Crippen LogP) is 2.47. The smallest absolute Gasteiger partial charge is 0.345 e. The van der Waals surface area contributed by atoms with Gasteiger partial charge in [-0.1, -0.05) is 12.1 Å². The lowest BCUT2D eigenvalue weighted by Crippen LogP contribution is -2.14. The zero-order chi connectivity index (χ0) is 12.3. The van der Waals surface area contributed by atoms with Crippen LogP contribution in [0.2, 0.25) is 0 Å². The quantitative estimate of drug-likeness (QED) is 0.448. The van der Waals surface area contributed by atoms with E-state index in [1.807, 2.05) is 0 Å². The number of nitro benzene ring substituents is 1. The summed E-state index contributed by atoms with van der Waals surface area (Å²) in [5.74, 6) is -0.653. The maximum Gasteiger partial charge on any atom is 0.345 e. The maximum atomic E-state index is 11.7. The Morgan fingerprint density at radius 3 is 2.56 bits per heavy atom. The number of hydrogen-bond donors (Lipinski definition) is 0. The number of hydrogen-bond acceptors (Lipinski definition) is 4. The first-order chi connectivity index (χ1) is 7.43. The first-order valence-corrected chi connectivity index (χ1v) is 4.88. The van der Waals surface area contributed by atoms with E-state index >= 15 is 0 Å². The fourth-order valence-electron chi connectivity index (χ4n) is 1.34. The second kappa shape index (κ2) is 4.74. The Labute approximate surface area is 93.2 Å². The van der Waals surface area contributed by atoms with E-state index < -0.39 is 10.9 Å². The van der Waals surface area contributed by atoms with E-state index in [-0.39, 0.29) is 17.4 Å². The molecular formula is C11H13NO4. The van der Waals surface area contributed by atoms with Crippen LogP contribution < -0.4 is 0 Å². The molecule has 0 unspecified atom stereocenters. The van der Waals surface area contributed by atoms with Crippen molar-refractivity contribution < 1.29 is 14.5 Å². The molecule has 0 aliphatic carbocycles. The van der Waals surface area contributed by atoms with Gasteiger partial charge in [0.1, 0.15) is 5.56 Å². The van der Waals surface area contributed by atoms with E-state index in [1.165, 1.54) is 6.07 Å². The molecule has 0 saturated carbocycles. The molecule has 1 aromatic carbocycles. The molecule has 0 amide bonds. The third-order valence-electron chi connectivity index (χ3n) is 1.99. The molecule has 5 heteroatoms. The highest BCUT2D eigenvalue weighted by atomic mass is 16.6. The van der Waals surface area contributed by atoms with E-state index in [2.05, 4.69) is 0 Å². The van der Waals surface area contributed by atoms with E-state index in [4.69, 9.17) is 4.74 Å². The molecule has 86 valence electrons. The van der Waals surface area contributed by atoms with Crippen molar-refractivity contribution >= 4 is 11.7 Å². The average Bonchev–Trinajstić information content (AvgIpc) is 2.15.